The molecule has 0 spiro atoms. The van der Waals surface area contributed by atoms with Crippen molar-refractivity contribution in [2.24, 2.45) is 0 Å². The molecule has 0 aliphatic carbocycles. The number of amides is 1. The molecule has 0 saturated carbocycles. The van der Waals surface area contributed by atoms with E-state index < -0.39 is 15.9 Å². The number of rotatable bonds is 10. The summed E-state index contributed by atoms with van der Waals surface area (Å²) in [4.78, 5) is 23.9. The second-order valence-corrected chi connectivity index (χ2v) is 9.67. The summed E-state index contributed by atoms with van der Waals surface area (Å²) in [6.07, 6.45) is 0. The summed E-state index contributed by atoms with van der Waals surface area (Å²) < 4.78 is 31.7. The Balaban J connectivity index is 2.00. The minimum absolute atomic E-state index is 0.110. The zero-order chi connectivity index (χ0) is 21.4. The van der Waals surface area contributed by atoms with Gasteiger partial charge in [0.1, 0.15) is 0 Å². The Hall–Kier alpha value is -2.02. The van der Waals surface area contributed by atoms with Crippen LogP contribution in [0.15, 0.2) is 33.5 Å². The summed E-state index contributed by atoms with van der Waals surface area (Å²) in [6.45, 7) is 6.32. The number of hydrogen-bond acceptors (Lipinski definition) is 9. The SMILES string of the molecule is CCOC(=O)CSc1nnc(NC(=O)c2ccc(S(=O)(=O)N(CC)CC)cc2)s1. The van der Waals surface area contributed by atoms with Gasteiger partial charge in [0.2, 0.25) is 15.2 Å². The van der Waals surface area contributed by atoms with Gasteiger partial charge in [0.15, 0.2) is 4.34 Å². The lowest BCUT2D eigenvalue weighted by Gasteiger charge is -2.18. The summed E-state index contributed by atoms with van der Waals surface area (Å²) in [5.41, 5.74) is 0.291. The maximum absolute atomic E-state index is 12.5. The molecule has 158 valence electrons. The van der Waals surface area contributed by atoms with Crippen molar-refractivity contribution in [2.45, 2.75) is 30.0 Å². The van der Waals surface area contributed by atoms with Crippen LogP contribution in [-0.2, 0) is 19.6 Å². The fraction of sp³-hybridized carbons (Fsp3) is 0.412. The summed E-state index contributed by atoms with van der Waals surface area (Å²) in [7, 11) is -3.58. The first kappa shape index (κ1) is 23.3. The van der Waals surface area contributed by atoms with Gasteiger partial charge in [-0.05, 0) is 31.2 Å². The highest BCUT2D eigenvalue weighted by molar-refractivity contribution is 8.01. The van der Waals surface area contributed by atoms with Gasteiger partial charge in [0, 0.05) is 18.7 Å². The van der Waals surface area contributed by atoms with Crippen molar-refractivity contribution in [2.75, 3.05) is 30.8 Å². The van der Waals surface area contributed by atoms with Crippen LogP contribution in [0.4, 0.5) is 5.13 Å². The molecule has 0 aliphatic heterocycles. The van der Waals surface area contributed by atoms with Crippen LogP contribution in [0.3, 0.4) is 0 Å². The Morgan fingerprint density at radius 2 is 1.79 bits per heavy atom. The van der Waals surface area contributed by atoms with Crippen molar-refractivity contribution in [3.05, 3.63) is 29.8 Å². The zero-order valence-corrected chi connectivity index (χ0v) is 18.7. The third kappa shape index (κ3) is 6.23. The Morgan fingerprint density at radius 3 is 2.38 bits per heavy atom. The normalized spacial score (nSPS) is 11.4. The maximum Gasteiger partial charge on any atom is 0.316 e. The van der Waals surface area contributed by atoms with E-state index in [2.05, 4.69) is 15.5 Å². The predicted octanol–water partition coefficient (Wildman–Crippen LogP) is 2.48. The standard InChI is InChI=1S/C17H22N4O5S3/c1-4-21(5-2)29(24,25)13-9-7-12(8-10-13)15(23)18-16-19-20-17(28-16)27-11-14(22)26-6-3/h7-10H,4-6,11H2,1-3H3,(H,18,19,23). The number of thioether (sulfide) groups is 1. The fourth-order valence-electron chi connectivity index (χ4n) is 2.30. The number of nitrogens with one attached hydrogen (secondary N) is 1. The van der Waals surface area contributed by atoms with E-state index in [1.165, 1.54) is 40.3 Å². The molecule has 1 aromatic carbocycles. The minimum atomic E-state index is -3.58. The van der Waals surface area contributed by atoms with Crippen molar-refractivity contribution in [1.29, 1.82) is 0 Å². The lowest BCUT2D eigenvalue weighted by Crippen LogP contribution is -2.30. The molecule has 0 fully saturated rings. The molecule has 0 unspecified atom stereocenters. The second kappa shape index (κ2) is 10.7. The third-order valence-corrected chi connectivity index (χ3v) is 7.72. The number of sulfonamides is 1. The first-order chi connectivity index (χ1) is 13.8. The Morgan fingerprint density at radius 1 is 1.14 bits per heavy atom. The topological polar surface area (TPSA) is 119 Å². The molecule has 0 bridgehead atoms. The van der Waals surface area contributed by atoms with Crippen molar-refractivity contribution in [3.63, 3.8) is 0 Å². The van der Waals surface area contributed by atoms with Gasteiger partial charge in [-0.2, -0.15) is 4.31 Å². The number of ether oxygens (including phenoxy) is 1. The van der Waals surface area contributed by atoms with Crippen molar-refractivity contribution in [3.8, 4) is 0 Å². The number of benzene rings is 1. The van der Waals surface area contributed by atoms with E-state index in [0.717, 1.165) is 11.3 Å². The van der Waals surface area contributed by atoms with Gasteiger partial charge in [0.25, 0.3) is 5.91 Å². The van der Waals surface area contributed by atoms with Gasteiger partial charge in [0.05, 0.1) is 17.3 Å². The molecule has 0 aliphatic rings. The average Bonchev–Trinajstić information content (AvgIpc) is 3.15. The number of carbonyl (C=O) groups excluding carboxylic acids is 2. The van der Waals surface area contributed by atoms with Crippen molar-refractivity contribution >= 4 is 50.1 Å². The molecule has 0 atom stereocenters. The van der Waals surface area contributed by atoms with Gasteiger partial charge < -0.3 is 4.74 Å². The molecule has 1 heterocycles. The van der Waals surface area contributed by atoms with Crippen LogP contribution in [0.2, 0.25) is 0 Å². The number of esters is 1. The summed E-state index contributed by atoms with van der Waals surface area (Å²) >= 11 is 2.30. The molecule has 0 saturated heterocycles. The maximum atomic E-state index is 12.5. The van der Waals surface area contributed by atoms with E-state index in [-0.39, 0.29) is 21.7 Å². The number of nitrogens with zero attached hydrogens (tertiary/aromatic N) is 3. The van der Waals surface area contributed by atoms with Gasteiger partial charge in [-0.25, -0.2) is 8.42 Å². The van der Waals surface area contributed by atoms with Gasteiger partial charge in [-0.1, -0.05) is 36.9 Å². The van der Waals surface area contributed by atoms with Crippen LogP contribution >= 0.6 is 23.1 Å². The van der Waals surface area contributed by atoms with E-state index in [9.17, 15) is 18.0 Å². The summed E-state index contributed by atoms with van der Waals surface area (Å²) in [5.74, 6) is -0.674. The van der Waals surface area contributed by atoms with Crippen LogP contribution in [0, 0.1) is 0 Å². The molecular weight excluding hydrogens is 436 g/mol. The zero-order valence-electron chi connectivity index (χ0n) is 16.2. The number of aromatic nitrogens is 2. The Bertz CT molecular complexity index is 940. The molecule has 12 heteroatoms. The third-order valence-electron chi connectivity index (χ3n) is 3.71. The lowest BCUT2D eigenvalue weighted by atomic mass is 10.2. The van der Waals surface area contributed by atoms with Crippen molar-refractivity contribution < 1.29 is 22.7 Å². The van der Waals surface area contributed by atoms with E-state index in [4.69, 9.17) is 4.74 Å². The molecule has 1 N–H and O–H groups in total. The van der Waals surface area contributed by atoms with E-state index >= 15 is 0 Å². The van der Waals surface area contributed by atoms with Gasteiger partial charge >= 0.3 is 5.97 Å². The molecule has 1 aromatic heterocycles. The Labute approximate surface area is 177 Å². The van der Waals surface area contributed by atoms with Crippen LogP contribution < -0.4 is 5.32 Å². The fourth-order valence-corrected chi connectivity index (χ4v) is 5.31. The molecule has 9 nitrogen and oxygen atoms in total. The predicted molar refractivity (Wildman–Crippen MR) is 112 cm³/mol. The Kier molecular flexibility index (Phi) is 8.56. The average molecular weight is 459 g/mol. The lowest BCUT2D eigenvalue weighted by molar-refractivity contribution is -0.139. The van der Waals surface area contributed by atoms with E-state index in [0.29, 0.717) is 29.6 Å². The first-order valence-electron chi connectivity index (χ1n) is 8.85. The molecule has 0 radical (unpaired) electrons. The van der Waals surface area contributed by atoms with Crippen LogP contribution in [0.1, 0.15) is 31.1 Å². The van der Waals surface area contributed by atoms with Crippen molar-refractivity contribution in [1.82, 2.24) is 14.5 Å². The molecule has 2 aromatic rings. The monoisotopic (exact) mass is 458 g/mol. The highest BCUT2D eigenvalue weighted by atomic mass is 32.2. The summed E-state index contributed by atoms with van der Waals surface area (Å²) in [5, 5.41) is 10.7. The first-order valence-corrected chi connectivity index (χ1v) is 12.1. The van der Waals surface area contributed by atoms with Crippen LogP contribution in [0.5, 0.6) is 0 Å². The number of carbonyl (C=O) groups is 2. The largest absolute Gasteiger partial charge is 0.465 e. The summed E-state index contributed by atoms with van der Waals surface area (Å²) in [6, 6.07) is 5.71. The molecule has 1 amide bonds. The highest BCUT2D eigenvalue weighted by Gasteiger charge is 2.22. The molecule has 2 rings (SSSR count). The second-order valence-electron chi connectivity index (χ2n) is 5.53. The van der Waals surface area contributed by atoms with Crippen LogP contribution in [-0.4, -0.2) is 60.2 Å². The van der Waals surface area contributed by atoms with Gasteiger partial charge in [-0.15, -0.1) is 10.2 Å². The number of hydrogen-bond donors (Lipinski definition) is 1. The van der Waals surface area contributed by atoms with E-state index in [1.54, 1.807) is 20.8 Å². The smallest absolute Gasteiger partial charge is 0.316 e. The molecule has 29 heavy (non-hydrogen) atoms. The van der Waals surface area contributed by atoms with Crippen LogP contribution in [0.25, 0.3) is 0 Å². The number of anilines is 1. The highest BCUT2D eigenvalue weighted by Crippen LogP contribution is 2.26. The minimum Gasteiger partial charge on any atom is -0.465 e. The van der Waals surface area contributed by atoms with Gasteiger partial charge in [-0.3, -0.25) is 14.9 Å². The quantitative estimate of drug-likeness (QED) is 0.328. The van der Waals surface area contributed by atoms with E-state index in [1.807, 2.05) is 0 Å². The molecular formula is C17H22N4O5S3.